The molecule has 0 spiro atoms. The number of para-hydroxylation sites is 1. The van der Waals surface area contributed by atoms with Crippen LogP contribution in [0.15, 0.2) is 48.5 Å². The molecule has 0 bridgehead atoms. The molecule has 1 amide bonds. The molecule has 1 aliphatic rings. The Labute approximate surface area is 156 Å². The molecule has 0 unspecified atom stereocenters. The number of ether oxygens (including phenoxy) is 1. The van der Waals surface area contributed by atoms with E-state index in [-0.39, 0.29) is 13.2 Å². The molecule has 27 heavy (non-hydrogen) atoms. The van der Waals surface area contributed by atoms with Crippen LogP contribution in [0.25, 0.3) is 0 Å². The number of hydrogen-bond donors (Lipinski definition) is 2. The largest absolute Gasteiger partial charge is 0.465 e. The Bertz CT molecular complexity index is 894. The van der Waals surface area contributed by atoms with Crippen molar-refractivity contribution < 1.29 is 24.2 Å². The normalized spacial score (nSPS) is 18.3. The Hall–Kier alpha value is -3.19. The van der Waals surface area contributed by atoms with E-state index in [0.29, 0.717) is 22.5 Å². The number of rotatable bonds is 6. The van der Waals surface area contributed by atoms with E-state index >= 15 is 0 Å². The third-order valence-electron chi connectivity index (χ3n) is 4.48. The predicted octanol–water partition coefficient (Wildman–Crippen LogP) is 1.64. The van der Waals surface area contributed by atoms with Gasteiger partial charge in [0.25, 0.3) is 5.91 Å². The second-order valence-electron chi connectivity index (χ2n) is 6.30. The lowest BCUT2D eigenvalue weighted by atomic mass is 9.88. The van der Waals surface area contributed by atoms with Crippen molar-refractivity contribution in [2.24, 2.45) is 0 Å². The number of carbonyl (C=O) groups is 3. The molecule has 1 aliphatic heterocycles. The maximum Gasteiger partial charge on any atom is 0.326 e. The van der Waals surface area contributed by atoms with Gasteiger partial charge in [-0.15, -0.1) is 0 Å². The topological polar surface area (TPSA) is 110 Å². The minimum absolute atomic E-state index is 0.183. The standard InChI is InChI=1S/C20H20N2O5/c1-2-27-18(24)12-22-16-6-4-3-5-15(16)20(26,19(22)25)11-17(23)13-7-9-14(21)10-8-13/h3-10,26H,2,11-12,21H2,1H3/t20-/m1/s1. The van der Waals surface area contributed by atoms with Crippen molar-refractivity contribution in [1.29, 1.82) is 0 Å². The van der Waals surface area contributed by atoms with Gasteiger partial charge in [0.15, 0.2) is 11.4 Å². The van der Waals surface area contributed by atoms with E-state index in [1.54, 1.807) is 55.5 Å². The molecule has 3 N–H and O–H groups in total. The molecule has 1 heterocycles. The van der Waals surface area contributed by atoms with E-state index in [4.69, 9.17) is 10.5 Å². The zero-order chi connectivity index (χ0) is 19.6. The summed E-state index contributed by atoms with van der Waals surface area (Å²) in [5.74, 6) is -1.71. The highest BCUT2D eigenvalue weighted by Crippen LogP contribution is 2.42. The zero-order valence-corrected chi connectivity index (χ0v) is 14.8. The smallest absolute Gasteiger partial charge is 0.326 e. The third-order valence-corrected chi connectivity index (χ3v) is 4.48. The molecule has 0 saturated heterocycles. The fraction of sp³-hybridized carbons (Fsp3) is 0.250. The second-order valence-corrected chi connectivity index (χ2v) is 6.30. The van der Waals surface area contributed by atoms with E-state index in [2.05, 4.69) is 0 Å². The highest BCUT2D eigenvalue weighted by Gasteiger charge is 2.51. The van der Waals surface area contributed by atoms with Crippen LogP contribution in [-0.2, 0) is 19.9 Å². The minimum atomic E-state index is -2.04. The van der Waals surface area contributed by atoms with Gasteiger partial charge in [0.1, 0.15) is 6.54 Å². The Kier molecular flexibility index (Phi) is 4.96. The summed E-state index contributed by atoms with van der Waals surface area (Å²) in [4.78, 5) is 38.6. The molecule has 3 rings (SSSR count). The van der Waals surface area contributed by atoms with Crippen LogP contribution in [-0.4, -0.2) is 35.9 Å². The summed E-state index contributed by atoms with van der Waals surface area (Å²) in [6.45, 7) is 1.52. The van der Waals surface area contributed by atoms with Gasteiger partial charge >= 0.3 is 5.97 Å². The number of nitrogens with zero attached hydrogens (tertiary/aromatic N) is 1. The first kappa shape index (κ1) is 18.6. The van der Waals surface area contributed by atoms with E-state index in [1.807, 2.05) is 0 Å². The van der Waals surface area contributed by atoms with Gasteiger partial charge in [0.05, 0.1) is 18.7 Å². The molecule has 0 aliphatic carbocycles. The fourth-order valence-electron chi connectivity index (χ4n) is 3.17. The number of anilines is 2. The van der Waals surface area contributed by atoms with Crippen molar-refractivity contribution in [1.82, 2.24) is 0 Å². The highest BCUT2D eigenvalue weighted by molar-refractivity contribution is 6.12. The SMILES string of the molecule is CCOC(=O)CN1C(=O)[C@@](O)(CC(=O)c2ccc(N)cc2)c2ccccc21. The van der Waals surface area contributed by atoms with Crippen LogP contribution in [0.3, 0.4) is 0 Å². The number of carbonyl (C=O) groups excluding carboxylic acids is 3. The molecule has 0 fully saturated rings. The summed E-state index contributed by atoms with van der Waals surface area (Å²) in [7, 11) is 0. The van der Waals surface area contributed by atoms with Crippen LogP contribution in [0.5, 0.6) is 0 Å². The zero-order valence-electron chi connectivity index (χ0n) is 14.8. The average molecular weight is 368 g/mol. The maximum absolute atomic E-state index is 12.9. The van der Waals surface area contributed by atoms with Gasteiger partial charge in [-0.05, 0) is 37.3 Å². The molecular formula is C20H20N2O5. The summed E-state index contributed by atoms with van der Waals surface area (Å²) in [6.07, 6.45) is -0.438. The molecular weight excluding hydrogens is 348 g/mol. The van der Waals surface area contributed by atoms with E-state index in [0.717, 1.165) is 4.90 Å². The quantitative estimate of drug-likeness (QED) is 0.456. The number of Topliss-reactive ketones (excluding diaryl/α,β-unsaturated/α-hetero) is 1. The maximum atomic E-state index is 12.9. The van der Waals surface area contributed by atoms with Crippen molar-refractivity contribution in [2.45, 2.75) is 18.9 Å². The highest BCUT2D eigenvalue weighted by atomic mass is 16.5. The number of aliphatic hydroxyl groups is 1. The number of ketones is 1. The van der Waals surface area contributed by atoms with E-state index in [9.17, 15) is 19.5 Å². The van der Waals surface area contributed by atoms with Gasteiger partial charge in [0.2, 0.25) is 0 Å². The lowest BCUT2D eigenvalue weighted by Crippen LogP contribution is -2.44. The summed E-state index contributed by atoms with van der Waals surface area (Å²) in [6, 6.07) is 12.8. The number of amides is 1. The molecule has 1 atom stereocenters. The van der Waals surface area contributed by atoms with Crippen LogP contribution in [0.2, 0.25) is 0 Å². The summed E-state index contributed by atoms with van der Waals surface area (Å²) < 4.78 is 4.90. The van der Waals surface area contributed by atoms with Crippen molar-refractivity contribution >= 4 is 29.0 Å². The summed E-state index contributed by atoms with van der Waals surface area (Å²) in [5.41, 5.74) is 5.12. The number of esters is 1. The van der Waals surface area contributed by atoms with Crippen molar-refractivity contribution in [3.05, 3.63) is 59.7 Å². The van der Waals surface area contributed by atoms with E-state index < -0.39 is 29.7 Å². The fourth-order valence-corrected chi connectivity index (χ4v) is 3.17. The van der Waals surface area contributed by atoms with Gasteiger partial charge in [0, 0.05) is 16.8 Å². The Morgan fingerprint density at radius 1 is 1.15 bits per heavy atom. The number of nitrogens with two attached hydrogens (primary N) is 1. The molecule has 0 radical (unpaired) electrons. The molecule has 2 aromatic carbocycles. The first-order valence-corrected chi connectivity index (χ1v) is 8.55. The molecule has 140 valence electrons. The second kappa shape index (κ2) is 7.20. The van der Waals surface area contributed by atoms with Gasteiger partial charge < -0.3 is 15.6 Å². The summed E-state index contributed by atoms with van der Waals surface area (Å²) >= 11 is 0. The van der Waals surface area contributed by atoms with Gasteiger partial charge in [-0.25, -0.2) is 0 Å². The molecule has 2 aromatic rings. The summed E-state index contributed by atoms with van der Waals surface area (Å²) in [5, 5.41) is 11.1. The van der Waals surface area contributed by atoms with Gasteiger partial charge in [-0.3, -0.25) is 19.3 Å². The Balaban J connectivity index is 1.92. The van der Waals surface area contributed by atoms with Crippen LogP contribution in [0.1, 0.15) is 29.3 Å². The van der Waals surface area contributed by atoms with Crippen LogP contribution in [0.4, 0.5) is 11.4 Å². The monoisotopic (exact) mass is 368 g/mol. The van der Waals surface area contributed by atoms with Crippen molar-refractivity contribution in [3.63, 3.8) is 0 Å². The van der Waals surface area contributed by atoms with Gasteiger partial charge in [-0.1, -0.05) is 18.2 Å². The Morgan fingerprint density at radius 2 is 1.81 bits per heavy atom. The number of nitrogen functional groups attached to an aromatic ring is 1. The van der Waals surface area contributed by atoms with Crippen molar-refractivity contribution in [2.75, 3.05) is 23.8 Å². The van der Waals surface area contributed by atoms with Crippen LogP contribution in [0, 0.1) is 0 Å². The molecule has 7 nitrogen and oxygen atoms in total. The van der Waals surface area contributed by atoms with Gasteiger partial charge in [-0.2, -0.15) is 0 Å². The Morgan fingerprint density at radius 3 is 2.48 bits per heavy atom. The number of benzene rings is 2. The lowest BCUT2D eigenvalue weighted by molar-refractivity contribution is -0.144. The van der Waals surface area contributed by atoms with Crippen molar-refractivity contribution in [3.8, 4) is 0 Å². The first-order chi connectivity index (χ1) is 12.9. The lowest BCUT2D eigenvalue weighted by Gasteiger charge is -2.22. The first-order valence-electron chi connectivity index (χ1n) is 8.55. The minimum Gasteiger partial charge on any atom is -0.465 e. The predicted molar refractivity (Wildman–Crippen MR) is 99.1 cm³/mol. The van der Waals surface area contributed by atoms with E-state index in [1.165, 1.54) is 0 Å². The number of fused-ring (bicyclic) bond motifs is 1. The third kappa shape index (κ3) is 3.41. The number of hydrogen-bond acceptors (Lipinski definition) is 6. The van der Waals surface area contributed by atoms with Crippen LogP contribution >= 0.6 is 0 Å². The average Bonchev–Trinajstić information content (AvgIpc) is 2.85. The molecule has 0 saturated carbocycles. The van der Waals surface area contributed by atoms with Crippen LogP contribution < -0.4 is 10.6 Å². The molecule has 0 aromatic heterocycles. The molecule has 7 heteroatoms.